The summed E-state index contributed by atoms with van der Waals surface area (Å²) in [5.41, 5.74) is 14.0. The maximum absolute atomic E-state index is 6.49. The van der Waals surface area contributed by atoms with Gasteiger partial charge in [-0.1, -0.05) is 69.7 Å². The molecule has 0 radical (unpaired) electrons. The molecule has 8 bridgehead atoms. The normalized spacial score (nSPS) is 11.8. The fourth-order valence-corrected chi connectivity index (χ4v) is 7.64. The zero-order valence-corrected chi connectivity index (χ0v) is 33.4. The molecular weight excluding hydrogens is 732 g/mol. The van der Waals surface area contributed by atoms with Gasteiger partial charge in [0.15, 0.2) is 0 Å². The van der Waals surface area contributed by atoms with E-state index >= 15 is 0 Å². The van der Waals surface area contributed by atoms with Crippen molar-refractivity contribution in [3.8, 4) is 45.6 Å². The summed E-state index contributed by atoms with van der Waals surface area (Å²) in [7, 11) is 0. The molecule has 6 nitrogen and oxygen atoms in total. The van der Waals surface area contributed by atoms with Gasteiger partial charge in [0.2, 0.25) is 0 Å². The van der Waals surface area contributed by atoms with Crippen molar-refractivity contribution in [1.82, 2.24) is 19.9 Å². The topological polar surface area (TPSA) is 75.8 Å². The molecule has 274 valence electrons. The molecule has 2 aromatic carbocycles. The number of hydrogen-bond donors (Lipinski definition) is 2. The largest absolute Gasteiger partial charge is 0.493 e. The van der Waals surface area contributed by atoms with Crippen LogP contribution in [0, 0.1) is 25.7 Å². The van der Waals surface area contributed by atoms with Crippen molar-refractivity contribution in [1.29, 1.82) is 0 Å². The zero-order chi connectivity index (χ0) is 37.6. The molecule has 0 saturated heterocycles. The Morgan fingerprint density at radius 2 is 1.06 bits per heavy atom. The minimum absolute atomic E-state index is 0.657. The van der Waals surface area contributed by atoms with Crippen LogP contribution in [0.2, 0.25) is 0 Å². The van der Waals surface area contributed by atoms with E-state index in [0.717, 1.165) is 138 Å². The van der Waals surface area contributed by atoms with Gasteiger partial charge >= 0.3 is 0 Å². The summed E-state index contributed by atoms with van der Waals surface area (Å²) in [6, 6.07) is 21.0. The van der Waals surface area contributed by atoms with E-state index in [2.05, 4.69) is 150 Å². The number of aromatic amines is 2. The highest BCUT2D eigenvalue weighted by Crippen LogP contribution is 2.42. The molecule has 2 aliphatic rings. The van der Waals surface area contributed by atoms with Gasteiger partial charge in [-0.15, -0.1) is 5.92 Å². The van der Waals surface area contributed by atoms with E-state index in [4.69, 9.17) is 19.4 Å². The summed E-state index contributed by atoms with van der Waals surface area (Å²) in [5.74, 6) is 8.24. The maximum atomic E-state index is 6.49. The molecule has 0 saturated carbocycles. The number of H-pyrrole nitrogens is 2. The summed E-state index contributed by atoms with van der Waals surface area (Å²) < 4.78 is 13.9. The van der Waals surface area contributed by atoms with Crippen LogP contribution in [0.15, 0.2) is 65.1 Å². The molecule has 2 aliphatic heterocycles. The Hall–Kier alpha value is -5.32. The number of fused-ring (bicyclic) bond motifs is 8. The molecule has 0 spiro atoms. The number of aromatic nitrogens is 4. The Kier molecular flexibility index (Phi) is 11.5. The number of nitrogens with one attached hydrogen (secondary N) is 2. The van der Waals surface area contributed by atoms with Crippen LogP contribution in [0.4, 0.5) is 0 Å². The van der Waals surface area contributed by atoms with Crippen molar-refractivity contribution >= 4 is 62.3 Å². The van der Waals surface area contributed by atoms with Crippen molar-refractivity contribution in [3.63, 3.8) is 0 Å². The highest BCUT2D eigenvalue weighted by atomic mass is 79.9. The number of unbranched alkanes of at least 4 members (excludes halogenated alkanes) is 4. The van der Waals surface area contributed by atoms with Gasteiger partial charge in [0, 0.05) is 33.3 Å². The lowest BCUT2D eigenvalue weighted by molar-refractivity contribution is 0.307. The second-order valence-corrected chi connectivity index (χ2v) is 14.6. The zero-order valence-electron chi connectivity index (χ0n) is 31.8. The van der Waals surface area contributed by atoms with Crippen LogP contribution >= 0.6 is 15.9 Å². The second kappa shape index (κ2) is 16.8. The molecule has 0 fully saturated rings. The third kappa shape index (κ3) is 7.54. The third-order valence-corrected chi connectivity index (χ3v) is 10.8. The van der Waals surface area contributed by atoms with Gasteiger partial charge in [-0.3, -0.25) is 0 Å². The highest BCUT2D eigenvalue weighted by Gasteiger charge is 2.21. The van der Waals surface area contributed by atoms with Crippen molar-refractivity contribution in [2.24, 2.45) is 0 Å². The maximum Gasteiger partial charge on any atom is 0.127 e. The van der Waals surface area contributed by atoms with Crippen LogP contribution in [-0.4, -0.2) is 33.1 Å². The highest BCUT2D eigenvalue weighted by molar-refractivity contribution is 9.10. The monoisotopic (exact) mass is 778 g/mol. The fourth-order valence-electron chi connectivity index (χ4n) is 7.19. The molecule has 7 rings (SSSR count). The van der Waals surface area contributed by atoms with E-state index in [0.29, 0.717) is 13.2 Å². The minimum atomic E-state index is 0.657. The third-order valence-electron chi connectivity index (χ3n) is 9.92. The van der Waals surface area contributed by atoms with Crippen molar-refractivity contribution in [2.45, 2.75) is 73.1 Å². The summed E-state index contributed by atoms with van der Waals surface area (Å²) >= 11 is 3.94. The molecular formula is C47H47BrN4O2. The minimum Gasteiger partial charge on any atom is -0.493 e. The van der Waals surface area contributed by atoms with Crippen LogP contribution in [0.25, 0.3) is 68.6 Å². The number of aryl methyl sites for hydroxylation is 2. The Morgan fingerprint density at radius 3 is 1.61 bits per heavy atom. The van der Waals surface area contributed by atoms with E-state index in [1.165, 1.54) is 0 Å². The van der Waals surface area contributed by atoms with Crippen LogP contribution in [-0.2, 0) is 0 Å². The van der Waals surface area contributed by atoms with Gasteiger partial charge in [-0.2, -0.15) is 0 Å². The lowest BCUT2D eigenvalue weighted by atomic mass is 9.97. The van der Waals surface area contributed by atoms with Gasteiger partial charge in [-0.25, -0.2) is 9.97 Å². The Bertz CT molecular complexity index is 2430. The summed E-state index contributed by atoms with van der Waals surface area (Å²) in [6.07, 6.45) is 14.9. The molecule has 0 amide bonds. The SMILES string of the molecule is CC#Cc1c2nc(c(-c3c(C)cccc3OCCCCC)c3ccc([nH]3)c(Br)c3nc(c(-c4c(C)cccc4OCCCCC)c4ccc1[nH]4)C=C3)C=C2. The summed E-state index contributed by atoms with van der Waals surface area (Å²) in [4.78, 5) is 18.1. The van der Waals surface area contributed by atoms with Crippen LogP contribution < -0.4 is 9.47 Å². The Morgan fingerprint density at radius 1 is 0.574 bits per heavy atom. The average molecular weight is 780 g/mol. The summed E-state index contributed by atoms with van der Waals surface area (Å²) in [6.45, 7) is 11.9. The smallest absolute Gasteiger partial charge is 0.127 e. The lowest BCUT2D eigenvalue weighted by Gasteiger charge is -2.15. The lowest BCUT2D eigenvalue weighted by Crippen LogP contribution is -2.00. The van der Waals surface area contributed by atoms with Crippen LogP contribution in [0.3, 0.4) is 0 Å². The molecule has 2 N–H and O–H groups in total. The average Bonchev–Trinajstić information content (AvgIpc) is 4.01. The number of rotatable bonds is 12. The van der Waals surface area contributed by atoms with Gasteiger partial charge in [-0.05, 0) is 121 Å². The molecule has 54 heavy (non-hydrogen) atoms. The van der Waals surface area contributed by atoms with Crippen molar-refractivity contribution < 1.29 is 9.47 Å². The first-order chi connectivity index (χ1) is 26.4. The molecule has 7 heteroatoms. The molecule has 3 aromatic heterocycles. The second-order valence-electron chi connectivity index (χ2n) is 13.8. The van der Waals surface area contributed by atoms with Gasteiger partial charge in [0.05, 0.1) is 57.1 Å². The molecule has 5 heterocycles. The number of nitrogens with zero attached hydrogens (tertiary/aromatic N) is 2. The van der Waals surface area contributed by atoms with E-state index in [-0.39, 0.29) is 0 Å². The molecule has 0 atom stereocenters. The first-order valence-electron chi connectivity index (χ1n) is 19.1. The van der Waals surface area contributed by atoms with E-state index < -0.39 is 0 Å². The van der Waals surface area contributed by atoms with Crippen molar-refractivity contribution in [2.75, 3.05) is 13.2 Å². The van der Waals surface area contributed by atoms with Gasteiger partial charge in [0.25, 0.3) is 0 Å². The van der Waals surface area contributed by atoms with E-state index in [9.17, 15) is 0 Å². The standard InChI is InChI=1S/C47H47BrN4O2/c1-6-9-11-28-53-41-18-13-16-30(4)43(41)45-35-22-20-33(49-35)32(15-8-3)34-21-23-36(50-34)46(44-31(5)17-14-19-42(44)54-29-12-10-7-2)38-25-27-40(52-38)47(48)39-26-24-37(45)51-39/h13-14,16-27,49,52H,6-7,9-12,28-29H2,1-5H3. The van der Waals surface area contributed by atoms with Crippen molar-refractivity contribution in [3.05, 3.63) is 105 Å². The Balaban J connectivity index is 1.55. The van der Waals surface area contributed by atoms with Gasteiger partial charge < -0.3 is 19.4 Å². The van der Waals surface area contributed by atoms with Crippen LogP contribution in [0.5, 0.6) is 11.5 Å². The molecule has 0 unspecified atom stereocenters. The number of ether oxygens (including phenoxy) is 2. The predicted octanol–water partition coefficient (Wildman–Crippen LogP) is 12.9. The number of halogens is 1. The Labute approximate surface area is 326 Å². The first kappa shape index (κ1) is 37.0. The fraction of sp³-hybridized carbons (Fsp3) is 0.277. The molecule has 0 aliphatic carbocycles. The van der Waals surface area contributed by atoms with E-state index in [1.54, 1.807) is 0 Å². The first-order valence-corrected chi connectivity index (χ1v) is 19.9. The summed E-state index contributed by atoms with van der Waals surface area (Å²) in [5, 5.41) is 0. The number of benzene rings is 2. The van der Waals surface area contributed by atoms with E-state index in [1.807, 2.05) is 6.92 Å². The quantitative estimate of drug-likeness (QED) is 0.0956. The predicted molar refractivity (Wildman–Crippen MR) is 229 cm³/mol. The van der Waals surface area contributed by atoms with Crippen LogP contribution in [0.1, 0.15) is 98.8 Å². The van der Waals surface area contributed by atoms with Gasteiger partial charge in [0.1, 0.15) is 11.5 Å². The molecule has 5 aromatic rings. The number of hydrogen-bond acceptors (Lipinski definition) is 4.